The largest absolute Gasteiger partial charge is 0.380 e. The Bertz CT molecular complexity index is 613. The maximum absolute atomic E-state index is 13.4. The number of carbonyl (C=O) groups is 1. The maximum Gasteiger partial charge on any atom is 0.256 e. The zero-order valence-corrected chi connectivity index (χ0v) is 15.2. The van der Waals surface area contributed by atoms with Gasteiger partial charge in [-0.05, 0) is 38.3 Å². The van der Waals surface area contributed by atoms with E-state index in [1.807, 2.05) is 11.8 Å². The summed E-state index contributed by atoms with van der Waals surface area (Å²) in [6, 6.07) is 6.70. The number of fused-ring (bicyclic) bond motifs is 1. The van der Waals surface area contributed by atoms with E-state index in [1.165, 1.54) is 12.8 Å². The van der Waals surface area contributed by atoms with E-state index in [-0.39, 0.29) is 5.91 Å². The van der Waals surface area contributed by atoms with Crippen molar-refractivity contribution in [1.29, 1.82) is 0 Å². The Morgan fingerprint density at radius 1 is 1.25 bits per heavy atom. The summed E-state index contributed by atoms with van der Waals surface area (Å²) in [5, 5.41) is 0.441. The number of hydrogen-bond acceptors (Lipinski definition) is 4. The quantitative estimate of drug-likeness (QED) is 0.824. The molecule has 4 nitrogen and oxygen atoms in total. The lowest BCUT2D eigenvalue weighted by molar-refractivity contribution is 0.0319. The molecule has 3 aliphatic rings. The van der Waals surface area contributed by atoms with Crippen molar-refractivity contribution in [2.45, 2.75) is 37.5 Å². The van der Waals surface area contributed by atoms with Crippen LogP contribution >= 0.6 is 11.8 Å². The highest BCUT2D eigenvalue weighted by atomic mass is 32.2. The van der Waals surface area contributed by atoms with E-state index in [0.29, 0.717) is 11.3 Å². The van der Waals surface area contributed by atoms with Crippen molar-refractivity contribution in [1.82, 2.24) is 4.90 Å². The smallest absolute Gasteiger partial charge is 0.256 e. The number of nitrogens with zero attached hydrogens (tertiary/aromatic N) is 2. The van der Waals surface area contributed by atoms with E-state index < -0.39 is 0 Å². The third-order valence-corrected chi connectivity index (χ3v) is 6.72. The lowest BCUT2D eigenvalue weighted by atomic mass is 10.0. The third-order valence-electron chi connectivity index (χ3n) is 5.42. The Hall–Kier alpha value is -1.20. The van der Waals surface area contributed by atoms with Gasteiger partial charge >= 0.3 is 0 Å². The number of hydrogen-bond donors (Lipinski definition) is 0. The summed E-state index contributed by atoms with van der Waals surface area (Å²) in [6.07, 6.45) is 3.42. The normalized spacial score (nSPS) is 27.2. The number of aryl methyl sites for hydroxylation is 1. The number of benzene rings is 1. The zero-order valence-electron chi connectivity index (χ0n) is 14.4. The van der Waals surface area contributed by atoms with Gasteiger partial charge in [0.2, 0.25) is 0 Å². The number of carbonyl (C=O) groups excluding carboxylic acids is 1. The average Bonchev–Trinajstić information content (AvgIpc) is 3.15. The molecule has 1 aromatic rings. The summed E-state index contributed by atoms with van der Waals surface area (Å²) >= 11 is 1.97. The second-order valence-electron chi connectivity index (χ2n) is 7.05. The second kappa shape index (κ2) is 6.96. The molecule has 0 N–H and O–H groups in total. The minimum Gasteiger partial charge on any atom is -0.380 e. The Morgan fingerprint density at radius 3 is 2.92 bits per heavy atom. The van der Waals surface area contributed by atoms with Crippen LogP contribution in [0, 0.1) is 6.92 Å². The highest BCUT2D eigenvalue weighted by molar-refractivity contribution is 8.00. The molecule has 2 atom stereocenters. The average molecular weight is 346 g/mol. The van der Waals surface area contributed by atoms with Gasteiger partial charge in [-0.3, -0.25) is 4.79 Å². The van der Waals surface area contributed by atoms with Crippen molar-refractivity contribution in [2.75, 3.05) is 43.5 Å². The first kappa shape index (κ1) is 16.3. The number of rotatable bonds is 2. The minimum absolute atomic E-state index is 0.220. The zero-order chi connectivity index (χ0) is 16.5. The van der Waals surface area contributed by atoms with Crippen LogP contribution in [-0.2, 0) is 4.74 Å². The van der Waals surface area contributed by atoms with Crippen molar-refractivity contribution in [3.8, 4) is 0 Å². The number of thioether (sulfide) groups is 1. The summed E-state index contributed by atoms with van der Waals surface area (Å²) in [4.78, 5) is 18.0. The van der Waals surface area contributed by atoms with Crippen molar-refractivity contribution in [3.05, 3.63) is 29.3 Å². The van der Waals surface area contributed by atoms with Crippen molar-refractivity contribution in [3.63, 3.8) is 0 Å². The summed E-state index contributed by atoms with van der Waals surface area (Å²) in [5.41, 5.74) is 3.19. The van der Waals surface area contributed by atoms with Crippen LogP contribution in [0.2, 0.25) is 0 Å². The molecule has 0 spiro atoms. The minimum atomic E-state index is 0.220. The lowest BCUT2D eigenvalue weighted by Gasteiger charge is -2.43. The molecule has 0 aromatic heterocycles. The molecule has 0 saturated carbocycles. The summed E-state index contributed by atoms with van der Waals surface area (Å²) in [5.74, 6) is 1.24. The summed E-state index contributed by atoms with van der Waals surface area (Å²) in [7, 11) is 0. The van der Waals surface area contributed by atoms with Crippen LogP contribution < -0.4 is 4.90 Å². The Morgan fingerprint density at radius 2 is 2.08 bits per heavy atom. The number of anilines is 1. The van der Waals surface area contributed by atoms with E-state index in [0.717, 1.165) is 61.8 Å². The van der Waals surface area contributed by atoms with Gasteiger partial charge < -0.3 is 14.5 Å². The standard InChI is InChI=1S/C19H26N2O2S/c1-14-4-5-16(20-7-2-3-8-20)15(12-14)19(22)21-9-11-24-18-13-23-10-6-17(18)21/h4-5,12,17-18H,2-3,6-11,13H2,1H3/t17-,18-/m1/s1. The molecule has 1 aromatic carbocycles. The lowest BCUT2D eigenvalue weighted by Crippen LogP contribution is -2.54. The van der Waals surface area contributed by atoms with Gasteiger partial charge in [-0.25, -0.2) is 0 Å². The highest BCUT2D eigenvalue weighted by Gasteiger charge is 2.38. The van der Waals surface area contributed by atoms with E-state index in [9.17, 15) is 4.79 Å². The van der Waals surface area contributed by atoms with Gasteiger partial charge in [0.15, 0.2) is 0 Å². The molecular weight excluding hydrogens is 320 g/mol. The summed E-state index contributed by atoms with van der Waals surface area (Å²) < 4.78 is 5.63. The van der Waals surface area contributed by atoms with Crippen LogP contribution in [0.5, 0.6) is 0 Å². The molecule has 0 bridgehead atoms. The highest BCUT2D eigenvalue weighted by Crippen LogP contribution is 2.33. The van der Waals surface area contributed by atoms with Crippen LogP contribution in [0.15, 0.2) is 18.2 Å². The van der Waals surface area contributed by atoms with Gasteiger partial charge in [0, 0.05) is 49.0 Å². The molecule has 4 rings (SSSR count). The van der Waals surface area contributed by atoms with Crippen molar-refractivity contribution >= 4 is 23.4 Å². The molecule has 24 heavy (non-hydrogen) atoms. The fourth-order valence-electron chi connectivity index (χ4n) is 4.15. The fraction of sp³-hybridized carbons (Fsp3) is 0.632. The Balaban J connectivity index is 1.64. The first-order valence-corrected chi connectivity index (χ1v) is 10.1. The maximum atomic E-state index is 13.4. The van der Waals surface area contributed by atoms with E-state index in [4.69, 9.17) is 4.74 Å². The molecule has 0 radical (unpaired) electrons. The van der Waals surface area contributed by atoms with Gasteiger partial charge in [0.25, 0.3) is 5.91 Å². The van der Waals surface area contributed by atoms with Crippen LogP contribution in [0.4, 0.5) is 5.69 Å². The molecular formula is C19H26N2O2S. The third kappa shape index (κ3) is 3.04. The first-order valence-electron chi connectivity index (χ1n) is 9.10. The molecule has 5 heteroatoms. The summed E-state index contributed by atoms with van der Waals surface area (Å²) in [6.45, 7) is 6.63. The Kier molecular flexibility index (Phi) is 4.72. The SMILES string of the molecule is Cc1ccc(N2CCCC2)c(C(=O)N2CCS[C@@H]3COCC[C@H]32)c1. The van der Waals surface area contributed by atoms with Gasteiger partial charge in [-0.15, -0.1) is 0 Å². The topological polar surface area (TPSA) is 32.8 Å². The molecule has 3 fully saturated rings. The van der Waals surface area contributed by atoms with Gasteiger partial charge in [0.05, 0.1) is 12.2 Å². The van der Waals surface area contributed by atoms with E-state index >= 15 is 0 Å². The first-order chi connectivity index (χ1) is 11.7. The Labute approximate surface area is 148 Å². The molecule has 0 unspecified atom stereocenters. The second-order valence-corrected chi connectivity index (χ2v) is 8.40. The van der Waals surface area contributed by atoms with Gasteiger partial charge in [-0.1, -0.05) is 11.6 Å². The molecule has 3 aliphatic heterocycles. The van der Waals surface area contributed by atoms with Crippen LogP contribution in [-0.4, -0.2) is 60.7 Å². The molecule has 1 amide bonds. The monoisotopic (exact) mass is 346 g/mol. The van der Waals surface area contributed by atoms with Gasteiger partial charge in [-0.2, -0.15) is 11.8 Å². The molecule has 130 valence electrons. The number of amides is 1. The number of ether oxygens (including phenoxy) is 1. The van der Waals surface area contributed by atoms with Crippen molar-refractivity contribution in [2.24, 2.45) is 0 Å². The predicted molar refractivity (Wildman–Crippen MR) is 99.1 cm³/mol. The van der Waals surface area contributed by atoms with E-state index in [2.05, 4.69) is 34.9 Å². The fourth-order valence-corrected chi connectivity index (χ4v) is 5.45. The van der Waals surface area contributed by atoms with Crippen LogP contribution in [0.25, 0.3) is 0 Å². The predicted octanol–water partition coefficient (Wildman–Crippen LogP) is 2.94. The van der Waals surface area contributed by atoms with Crippen LogP contribution in [0.1, 0.15) is 35.2 Å². The molecule has 0 aliphatic carbocycles. The van der Waals surface area contributed by atoms with Crippen molar-refractivity contribution < 1.29 is 9.53 Å². The van der Waals surface area contributed by atoms with Gasteiger partial charge in [0.1, 0.15) is 0 Å². The van der Waals surface area contributed by atoms with E-state index in [1.54, 1.807) is 0 Å². The molecule has 3 saturated heterocycles. The van der Waals surface area contributed by atoms with Crippen LogP contribution in [0.3, 0.4) is 0 Å². The molecule has 3 heterocycles.